The Morgan fingerprint density at radius 1 is 1.00 bits per heavy atom. The van der Waals surface area contributed by atoms with Gasteiger partial charge in [0.2, 0.25) is 5.91 Å². The molecule has 25 heavy (non-hydrogen) atoms. The van der Waals surface area contributed by atoms with Crippen molar-refractivity contribution in [2.24, 2.45) is 5.92 Å². The Labute approximate surface area is 146 Å². The number of carbonyl (C=O) groups is 2. The second-order valence-electron chi connectivity index (χ2n) is 7.01. The summed E-state index contributed by atoms with van der Waals surface area (Å²) in [7, 11) is 0. The van der Waals surface area contributed by atoms with Crippen molar-refractivity contribution >= 4 is 11.8 Å². The molecule has 3 aliphatic rings. The molecule has 3 aliphatic heterocycles. The van der Waals surface area contributed by atoms with Gasteiger partial charge in [-0.3, -0.25) is 9.59 Å². The maximum atomic E-state index is 12.8. The topological polar surface area (TPSA) is 72.2 Å². The third kappa shape index (κ3) is 3.30. The molecular weight excluding hydrogens is 324 g/mol. The summed E-state index contributed by atoms with van der Waals surface area (Å²) in [6.45, 7) is 3.91. The zero-order chi connectivity index (χ0) is 17.3. The summed E-state index contributed by atoms with van der Waals surface area (Å²) < 4.78 is 16.4. The van der Waals surface area contributed by atoms with E-state index in [4.69, 9.17) is 13.9 Å². The fraction of sp³-hybridized carbons (Fsp3) is 0.667. The van der Waals surface area contributed by atoms with Crippen molar-refractivity contribution in [1.82, 2.24) is 9.80 Å². The van der Waals surface area contributed by atoms with Crippen LogP contribution >= 0.6 is 0 Å². The second-order valence-corrected chi connectivity index (χ2v) is 7.01. The highest BCUT2D eigenvalue weighted by molar-refractivity contribution is 5.94. The Morgan fingerprint density at radius 2 is 1.68 bits per heavy atom. The highest BCUT2D eigenvalue weighted by Gasteiger charge is 2.42. The zero-order valence-electron chi connectivity index (χ0n) is 14.3. The molecule has 0 aliphatic carbocycles. The van der Waals surface area contributed by atoms with Crippen LogP contribution in [0.4, 0.5) is 0 Å². The van der Waals surface area contributed by atoms with Crippen LogP contribution in [0.1, 0.15) is 36.0 Å². The van der Waals surface area contributed by atoms with E-state index in [0.29, 0.717) is 45.0 Å². The van der Waals surface area contributed by atoms with Crippen molar-refractivity contribution in [3.05, 3.63) is 24.2 Å². The van der Waals surface area contributed by atoms with E-state index in [0.717, 1.165) is 25.7 Å². The van der Waals surface area contributed by atoms with Crippen molar-refractivity contribution in [3.63, 3.8) is 0 Å². The third-order valence-corrected chi connectivity index (χ3v) is 5.55. The Kier molecular flexibility index (Phi) is 4.52. The predicted octanol–water partition coefficient (Wildman–Crippen LogP) is 1.50. The first kappa shape index (κ1) is 16.6. The molecule has 1 aromatic rings. The molecule has 3 saturated heterocycles. The first-order valence-corrected chi connectivity index (χ1v) is 9.05. The van der Waals surface area contributed by atoms with E-state index in [1.54, 1.807) is 11.0 Å². The highest BCUT2D eigenvalue weighted by atomic mass is 16.7. The quantitative estimate of drug-likeness (QED) is 0.810. The van der Waals surface area contributed by atoms with Gasteiger partial charge in [0.05, 0.1) is 25.0 Å². The number of piperidine rings is 2. The van der Waals surface area contributed by atoms with Crippen LogP contribution in [0.15, 0.2) is 23.0 Å². The minimum Gasteiger partial charge on any atom is -0.472 e. The molecule has 0 N–H and O–H groups in total. The van der Waals surface area contributed by atoms with Crippen LogP contribution in [0.2, 0.25) is 0 Å². The van der Waals surface area contributed by atoms with Crippen molar-refractivity contribution in [1.29, 1.82) is 0 Å². The maximum absolute atomic E-state index is 12.8. The van der Waals surface area contributed by atoms with Gasteiger partial charge >= 0.3 is 0 Å². The first-order chi connectivity index (χ1) is 12.2. The predicted molar refractivity (Wildman–Crippen MR) is 87.8 cm³/mol. The summed E-state index contributed by atoms with van der Waals surface area (Å²) in [6, 6.07) is 1.68. The molecule has 1 aromatic heterocycles. The van der Waals surface area contributed by atoms with Gasteiger partial charge in [0, 0.05) is 44.9 Å². The van der Waals surface area contributed by atoms with Crippen molar-refractivity contribution in [2.45, 2.75) is 31.5 Å². The number of likely N-dealkylation sites (tertiary alicyclic amines) is 2. The van der Waals surface area contributed by atoms with Gasteiger partial charge in [-0.25, -0.2) is 0 Å². The smallest absolute Gasteiger partial charge is 0.257 e. The lowest BCUT2D eigenvalue weighted by atomic mass is 9.93. The Morgan fingerprint density at radius 3 is 2.28 bits per heavy atom. The molecule has 7 heteroatoms. The van der Waals surface area contributed by atoms with E-state index in [2.05, 4.69) is 0 Å². The Bertz CT molecular complexity index is 605. The van der Waals surface area contributed by atoms with Crippen molar-refractivity contribution in [3.8, 4) is 0 Å². The second kappa shape index (κ2) is 6.80. The molecule has 0 atom stereocenters. The molecule has 0 unspecified atom stereocenters. The normalized spacial score (nSPS) is 24.0. The van der Waals surface area contributed by atoms with E-state index in [9.17, 15) is 9.59 Å². The summed E-state index contributed by atoms with van der Waals surface area (Å²) in [6.07, 6.45) is 5.90. The average Bonchev–Trinajstić information content (AvgIpc) is 3.34. The molecule has 4 rings (SSSR count). The molecular formula is C18H24N2O5. The van der Waals surface area contributed by atoms with Crippen LogP contribution < -0.4 is 0 Å². The molecule has 7 nitrogen and oxygen atoms in total. The minimum atomic E-state index is -0.447. The van der Waals surface area contributed by atoms with Crippen molar-refractivity contribution < 1.29 is 23.5 Å². The van der Waals surface area contributed by atoms with Crippen molar-refractivity contribution in [2.75, 3.05) is 39.4 Å². The van der Waals surface area contributed by atoms with Crippen LogP contribution in [0.3, 0.4) is 0 Å². The van der Waals surface area contributed by atoms with Gasteiger partial charge in [-0.2, -0.15) is 0 Å². The van der Waals surface area contributed by atoms with E-state index in [-0.39, 0.29) is 17.7 Å². The lowest BCUT2D eigenvalue weighted by molar-refractivity contribution is -0.188. The standard InChI is InChI=1S/C18H24N2O5/c21-16(20-8-4-18(5-9-20)24-11-12-25-18)14-1-6-19(7-2-14)17(22)15-3-10-23-13-15/h3,10,13-14H,1-2,4-9,11-12H2. The van der Waals surface area contributed by atoms with Crippen LogP contribution in [-0.4, -0.2) is 66.8 Å². The lowest BCUT2D eigenvalue weighted by Gasteiger charge is -2.40. The summed E-state index contributed by atoms with van der Waals surface area (Å²) in [5, 5.41) is 0. The summed E-state index contributed by atoms with van der Waals surface area (Å²) in [4.78, 5) is 28.9. The van der Waals surface area contributed by atoms with Gasteiger partial charge in [-0.05, 0) is 18.9 Å². The third-order valence-electron chi connectivity index (χ3n) is 5.55. The van der Waals surface area contributed by atoms with E-state index in [1.165, 1.54) is 12.5 Å². The number of hydrogen-bond donors (Lipinski definition) is 0. The molecule has 0 saturated carbocycles. The van der Waals surface area contributed by atoms with Gasteiger partial charge < -0.3 is 23.7 Å². The number of amides is 2. The molecule has 4 heterocycles. The van der Waals surface area contributed by atoms with E-state index >= 15 is 0 Å². The number of furan rings is 1. The molecule has 1 spiro atoms. The van der Waals surface area contributed by atoms with Gasteiger partial charge in [0.1, 0.15) is 6.26 Å². The SMILES string of the molecule is O=C(c1ccoc1)N1CCC(C(=O)N2CCC3(CC2)OCCO3)CC1. The van der Waals surface area contributed by atoms with Gasteiger partial charge in [-0.1, -0.05) is 0 Å². The fourth-order valence-corrected chi connectivity index (χ4v) is 4.01. The van der Waals surface area contributed by atoms with Gasteiger partial charge in [-0.15, -0.1) is 0 Å². The molecule has 3 fully saturated rings. The summed E-state index contributed by atoms with van der Waals surface area (Å²) in [5.74, 6) is -0.247. The Balaban J connectivity index is 1.28. The molecule has 0 aromatic carbocycles. The average molecular weight is 348 g/mol. The van der Waals surface area contributed by atoms with Gasteiger partial charge in [0.15, 0.2) is 5.79 Å². The zero-order valence-corrected chi connectivity index (χ0v) is 14.3. The van der Waals surface area contributed by atoms with Crippen LogP contribution in [-0.2, 0) is 14.3 Å². The fourth-order valence-electron chi connectivity index (χ4n) is 4.01. The van der Waals surface area contributed by atoms with Gasteiger partial charge in [0.25, 0.3) is 5.91 Å². The molecule has 136 valence electrons. The molecule has 0 bridgehead atoms. The van der Waals surface area contributed by atoms with E-state index in [1.807, 2.05) is 4.90 Å². The number of nitrogens with zero attached hydrogens (tertiary/aromatic N) is 2. The summed E-state index contributed by atoms with van der Waals surface area (Å²) >= 11 is 0. The van der Waals surface area contributed by atoms with Crippen LogP contribution in [0.25, 0.3) is 0 Å². The van der Waals surface area contributed by atoms with E-state index < -0.39 is 5.79 Å². The molecule has 0 radical (unpaired) electrons. The number of carbonyl (C=O) groups excluding carboxylic acids is 2. The number of rotatable bonds is 2. The van der Waals surface area contributed by atoms with Crippen LogP contribution in [0, 0.1) is 5.92 Å². The maximum Gasteiger partial charge on any atom is 0.257 e. The number of hydrogen-bond acceptors (Lipinski definition) is 5. The number of ether oxygens (including phenoxy) is 2. The highest BCUT2D eigenvalue weighted by Crippen LogP contribution is 2.32. The summed E-state index contributed by atoms with van der Waals surface area (Å²) in [5.41, 5.74) is 0.572. The lowest BCUT2D eigenvalue weighted by Crippen LogP contribution is -2.50. The largest absolute Gasteiger partial charge is 0.472 e. The molecule has 2 amide bonds. The monoisotopic (exact) mass is 348 g/mol. The minimum absolute atomic E-state index is 0.00728. The van der Waals surface area contributed by atoms with Crippen LogP contribution in [0.5, 0.6) is 0 Å². The Hall–Kier alpha value is -1.86. The first-order valence-electron chi connectivity index (χ1n) is 9.05.